The van der Waals surface area contributed by atoms with Crippen molar-refractivity contribution < 1.29 is 4.42 Å². The minimum Gasteiger partial charge on any atom is -0.456 e. The van der Waals surface area contributed by atoms with Gasteiger partial charge in [0.1, 0.15) is 11.2 Å². The van der Waals surface area contributed by atoms with Crippen molar-refractivity contribution in [1.29, 1.82) is 0 Å². The molecule has 244 valence electrons. The van der Waals surface area contributed by atoms with E-state index in [4.69, 9.17) is 4.42 Å². The van der Waals surface area contributed by atoms with Crippen molar-refractivity contribution >= 4 is 51.0 Å². The molecule has 4 aliphatic rings. The molecule has 0 saturated carbocycles. The van der Waals surface area contributed by atoms with Crippen LogP contribution in [0.2, 0.25) is 0 Å². The second-order valence-electron chi connectivity index (χ2n) is 14.3. The van der Waals surface area contributed by atoms with E-state index in [0.717, 1.165) is 43.3 Å². The van der Waals surface area contributed by atoms with Gasteiger partial charge in [0.05, 0.1) is 6.04 Å². The number of allylic oxidation sites excluding steroid dienone is 4. The topological polar surface area (TPSA) is 21.3 Å². The maximum atomic E-state index is 6.19. The molecule has 1 atom stereocenters. The summed E-state index contributed by atoms with van der Waals surface area (Å²) >= 11 is 0. The summed E-state index contributed by atoms with van der Waals surface area (Å²) in [6, 6.07) is 44.1. The number of rotatable bonds is 4. The number of fused-ring (bicyclic) bond motifs is 9. The molecule has 11 rings (SSSR count). The Morgan fingerprint density at radius 1 is 0.608 bits per heavy atom. The molecule has 3 heterocycles. The van der Waals surface area contributed by atoms with E-state index in [2.05, 4.69) is 155 Å². The van der Waals surface area contributed by atoms with Crippen LogP contribution < -0.4 is 4.90 Å². The van der Waals surface area contributed by atoms with Crippen molar-refractivity contribution in [2.24, 2.45) is 0 Å². The van der Waals surface area contributed by atoms with Gasteiger partial charge in [-0.2, -0.15) is 0 Å². The first kappa shape index (κ1) is 28.7. The monoisotopic (exact) mass is 656 g/mol. The number of anilines is 2. The van der Waals surface area contributed by atoms with Gasteiger partial charge in [-0.15, -0.1) is 0 Å². The highest BCUT2D eigenvalue weighted by Crippen LogP contribution is 2.50. The van der Waals surface area contributed by atoms with Gasteiger partial charge in [-0.1, -0.05) is 97.1 Å². The largest absolute Gasteiger partial charge is 0.456 e. The highest BCUT2D eigenvalue weighted by Gasteiger charge is 2.36. The van der Waals surface area contributed by atoms with Crippen molar-refractivity contribution in [3.63, 3.8) is 0 Å². The molecule has 7 aromatic rings. The Labute approximate surface area is 297 Å². The van der Waals surface area contributed by atoms with Gasteiger partial charge in [0.15, 0.2) is 0 Å². The van der Waals surface area contributed by atoms with E-state index in [-0.39, 0.29) is 0 Å². The molecule has 51 heavy (non-hydrogen) atoms. The minimum atomic E-state index is 0.291. The lowest BCUT2D eigenvalue weighted by atomic mass is 9.84. The zero-order valence-corrected chi connectivity index (χ0v) is 28.3. The fraction of sp³-hybridized carbons (Fsp3) is 0.125. The summed E-state index contributed by atoms with van der Waals surface area (Å²) in [6.07, 6.45) is 17.4. The summed E-state index contributed by atoms with van der Waals surface area (Å²) < 4.78 is 8.76. The van der Waals surface area contributed by atoms with E-state index < -0.39 is 0 Å². The lowest BCUT2D eigenvalue weighted by molar-refractivity contribution is 0.668. The Balaban J connectivity index is 0.965. The van der Waals surface area contributed by atoms with Crippen molar-refractivity contribution in [2.75, 3.05) is 4.90 Å². The number of benzene rings is 5. The molecule has 0 saturated heterocycles. The molecule has 1 aliphatic heterocycles. The highest BCUT2D eigenvalue weighted by molar-refractivity contribution is 6.05. The van der Waals surface area contributed by atoms with Crippen LogP contribution >= 0.6 is 0 Å². The summed E-state index contributed by atoms with van der Waals surface area (Å²) in [4.78, 5) is 2.55. The Morgan fingerprint density at radius 3 is 2.29 bits per heavy atom. The van der Waals surface area contributed by atoms with E-state index >= 15 is 0 Å². The smallest absolute Gasteiger partial charge is 0.135 e. The lowest BCUT2D eigenvalue weighted by Gasteiger charge is -2.30. The van der Waals surface area contributed by atoms with Crippen LogP contribution in [0.25, 0.3) is 56.5 Å². The van der Waals surface area contributed by atoms with Crippen LogP contribution in [0.15, 0.2) is 155 Å². The van der Waals surface area contributed by atoms with Gasteiger partial charge in [-0.3, -0.25) is 0 Å². The normalized spacial score (nSPS) is 17.5. The van der Waals surface area contributed by atoms with Crippen LogP contribution in [0, 0.1) is 0 Å². The van der Waals surface area contributed by atoms with E-state index in [1.54, 1.807) is 0 Å². The Morgan fingerprint density at radius 2 is 1.37 bits per heavy atom. The third-order valence-electron chi connectivity index (χ3n) is 11.5. The van der Waals surface area contributed by atoms with E-state index in [1.807, 2.05) is 6.07 Å². The summed E-state index contributed by atoms with van der Waals surface area (Å²) in [6.45, 7) is 0. The fourth-order valence-corrected chi connectivity index (χ4v) is 9.14. The van der Waals surface area contributed by atoms with Gasteiger partial charge in [0.25, 0.3) is 0 Å². The molecule has 1 unspecified atom stereocenters. The molecular weight excluding hydrogens is 621 g/mol. The average molecular weight is 657 g/mol. The first-order valence-electron chi connectivity index (χ1n) is 18.3. The number of aromatic nitrogens is 1. The number of hydrogen-bond donors (Lipinski definition) is 0. The number of hydrogen-bond acceptors (Lipinski definition) is 2. The summed E-state index contributed by atoms with van der Waals surface area (Å²) in [5.41, 5.74) is 19.4. The van der Waals surface area contributed by atoms with E-state index in [1.165, 1.54) is 83.8 Å². The minimum absolute atomic E-state index is 0.291. The predicted octanol–water partition coefficient (Wildman–Crippen LogP) is 12.3. The van der Waals surface area contributed by atoms with Crippen LogP contribution in [0.4, 0.5) is 11.4 Å². The van der Waals surface area contributed by atoms with Crippen LogP contribution in [-0.4, -0.2) is 10.6 Å². The first-order valence-corrected chi connectivity index (χ1v) is 18.3. The maximum Gasteiger partial charge on any atom is 0.135 e. The molecule has 0 radical (unpaired) electrons. The van der Waals surface area contributed by atoms with Crippen LogP contribution in [-0.2, 0) is 12.8 Å². The molecule has 3 nitrogen and oxygen atoms in total. The molecule has 0 amide bonds. The molecule has 5 aromatic carbocycles. The van der Waals surface area contributed by atoms with Crippen molar-refractivity contribution in [1.82, 2.24) is 4.57 Å². The van der Waals surface area contributed by atoms with Gasteiger partial charge in [0.2, 0.25) is 0 Å². The van der Waals surface area contributed by atoms with E-state index in [0.29, 0.717) is 6.04 Å². The van der Waals surface area contributed by atoms with Gasteiger partial charge >= 0.3 is 0 Å². The van der Waals surface area contributed by atoms with Crippen molar-refractivity contribution in [2.45, 2.75) is 38.1 Å². The zero-order valence-electron chi connectivity index (χ0n) is 28.3. The SMILES string of the molecule is C1=Cc2c3c(n(-c4ccc5oc6ccccc6c5c4)c2CC1)CCC(C1=CCC2C(=C1)c1ccccc1N2c1ccc(-c2ccccc2)cc1)=C3. The fourth-order valence-electron chi connectivity index (χ4n) is 9.14. The van der Waals surface area contributed by atoms with Crippen LogP contribution in [0.1, 0.15) is 47.3 Å². The number of para-hydroxylation sites is 2. The summed E-state index contributed by atoms with van der Waals surface area (Å²) in [7, 11) is 0. The number of furan rings is 1. The van der Waals surface area contributed by atoms with Gasteiger partial charge in [-0.25, -0.2) is 0 Å². The summed E-state index contributed by atoms with van der Waals surface area (Å²) in [5, 5.41) is 2.36. The van der Waals surface area contributed by atoms with E-state index in [9.17, 15) is 0 Å². The maximum absolute atomic E-state index is 6.19. The predicted molar refractivity (Wildman–Crippen MR) is 212 cm³/mol. The van der Waals surface area contributed by atoms with Gasteiger partial charge < -0.3 is 13.9 Å². The van der Waals surface area contributed by atoms with Gasteiger partial charge in [0, 0.05) is 55.9 Å². The Kier molecular flexibility index (Phi) is 6.33. The first-order chi connectivity index (χ1) is 25.3. The van der Waals surface area contributed by atoms with Gasteiger partial charge in [-0.05, 0) is 115 Å². The zero-order chi connectivity index (χ0) is 33.5. The third kappa shape index (κ3) is 4.44. The molecule has 2 aromatic heterocycles. The average Bonchev–Trinajstić information content (AvgIpc) is 3.85. The Hall–Kier alpha value is -6.06. The molecule has 0 spiro atoms. The second-order valence-corrected chi connectivity index (χ2v) is 14.3. The molecule has 3 aliphatic carbocycles. The highest BCUT2D eigenvalue weighted by atomic mass is 16.3. The third-order valence-corrected chi connectivity index (χ3v) is 11.5. The Bertz CT molecular complexity index is 2660. The lowest BCUT2D eigenvalue weighted by Crippen LogP contribution is -2.27. The quantitative estimate of drug-likeness (QED) is 0.188. The second kappa shape index (κ2) is 11.2. The molecule has 0 N–H and O–H groups in total. The van der Waals surface area contributed by atoms with Crippen LogP contribution in [0.3, 0.4) is 0 Å². The summed E-state index contributed by atoms with van der Waals surface area (Å²) in [5.74, 6) is 0. The molecule has 3 heteroatoms. The van der Waals surface area contributed by atoms with Crippen molar-refractivity contribution in [3.8, 4) is 16.8 Å². The van der Waals surface area contributed by atoms with Crippen molar-refractivity contribution in [3.05, 3.63) is 179 Å². The van der Waals surface area contributed by atoms with Crippen LogP contribution in [0.5, 0.6) is 0 Å². The molecule has 0 fully saturated rings. The number of nitrogens with zero attached hydrogens (tertiary/aromatic N) is 2. The standard InChI is InChI=1S/C48H36N2O/c1-2-10-31(11-3-1)32-18-22-35(23-19-32)49-43-15-7-4-12-37(43)40-28-33(20-25-45(40)49)34-21-26-46-41(29-34)38-13-5-8-16-44(38)50(46)36-24-27-48-42(30-36)39-14-6-9-17-47(39)51-48/h1-7,9-15,17-20,22-24,27-30,45H,8,16,21,25-26H2. The molecule has 0 bridgehead atoms. The molecular formula is C48H36N2O.